The topological polar surface area (TPSA) is 131 Å². The summed E-state index contributed by atoms with van der Waals surface area (Å²) in [5.74, 6) is 4.49. The van der Waals surface area contributed by atoms with Gasteiger partial charge in [-0.05, 0) is 84.0 Å². The number of ether oxygens (including phenoxy) is 7. The molecule has 6 atom stereocenters. The summed E-state index contributed by atoms with van der Waals surface area (Å²) in [5, 5.41) is 0. The van der Waals surface area contributed by atoms with Crippen LogP contribution >= 0.6 is 0 Å². The highest BCUT2D eigenvalue weighted by Crippen LogP contribution is 2.46. The van der Waals surface area contributed by atoms with Gasteiger partial charge in [-0.3, -0.25) is 14.6 Å². The molecule has 0 bridgehead atoms. The molecule has 0 spiro atoms. The molecule has 2 aromatic rings. The molecule has 0 aromatic heterocycles. The Bertz CT molecular complexity index is 1470. The van der Waals surface area contributed by atoms with Crippen LogP contribution in [0.3, 0.4) is 0 Å². The molecule has 6 rings (SSSR count). The van der Waals surface area contributed by atoms with E-state index in [4.69, 9.17) is 38.9 Å². The summed E-state index contributed by atoms with van der Waals surface area (Å²) in [4.78, 5) is 28.8. The number of hydrogen-bond donors (Lipinski definition) is 1. The third kappa shape index (κ3) is 9.55. The van der Waals surface area contributed by atoms with Crippen LogP contribution in [0.15, 0.2) is 24.3 Å². The zero-order valence-corrected chi connectivity index (χ0v) is 33.9. The summed E-state index contributed by atoms with van der Waals surface area (Å²) in [7, 11) is 8.02. The summed E-state index contributed by atoms with van der Waals surface area (Å²) in [6.07, 6.45) is 4.81. The second kappa shape index (κ2) is 18.7. The van der Waals surface area contributed by atoms with Crippen LogP contribution in [0.1, 0.15) is 87.7 Å². The van der Waals surface area contributed by atoms with Gasteiger partial charge in [-0.15, -0.1) is 0 Å². The van der Waals surface area contributed by atoms with E-state index >= 15 is 0 Å². The lowest BCUT2D eigenvalue weighted by Gasteiger charge is -2.47. The zero-order valence-electron chi connectivity index (χ0n) is 33.9. The standard InChI is InChI=1S/C21H32N2O4.C21H31NO5/c1-13(2)7-15-12-23-6-5-14-8-19(25-3)20(26-4)9-16(14)17(23)10-18(15)27-21(24)11-22;1-13(2)8-15-12-22-7-6-14-9-19(24-3)20(25-4)10-16(14)17(22)11-18(15)27-21(23)26-5/h8-9,13,15,17-18H,5-7,10-12,22H2,1-4H3;9-10,13,15,17-18H,6-8,11-12H2,1-5H3. The average Bonchev–Trinajstić information content (AvgIpc) is 3.16. The summed E-state index contributed by atoms with van der Waals surface area (Å²) < 4.78 is 38.2. The summed E-state index contributed by atoms with van der Waals surface area (Å²) in [5.41, 5.74) is 10.6. The number of fused-ring (bicyclic) bond motifs is 6. The molecule has 2 fully saturated rings. The largest absolute Gasteiger partial charge is 0.508 e. The lowest BCUT2D eigenvalue weighted by atomic mass is 9.79. The number of piperidine rings is 2. The van der Waals surface area contributed by atoms with Crippen molar-refractivity contribution in [2.45, 2.75) is 90.5 Å². The van der Waals surface area contributed by atoms with Crippen molar-refractivity contribution in [3.05, 3.63) is 46.5 Å². The van der Waals surface area contributed by atoms with E-state index in [1.54, 1.807) is 28.4 Å². The molecule has 2 saturated heterocycles. The van der Waals surface area contributed by atoms with Gasteiger partial charge in [-0.25, -0.2) is 4.79 Å². The molecule has 4 aliphatic rings. The Labute approximate surface area is 321 Å². The fourth-order valence-electron chi connectivity index (χ4n) is 9.15. The highest BCUT2D eigenvalue weighted by atomic mass is 16.7. The van der Waals surface area contributed by atoms with Gasteiger partial charge in [0.25, 0.3) is 0 Å². The van der Waals surface area contributed by atoms with E-state index in [0.717, 1.165) is 87.7 Å². The van der Waals surface area contributed by atoms with Gasteiger partial charge < -0.3 is 38.9 Å². The number of rotatable bonds is 11. The van der Waals surface area contributed by atoms with Crippen molar-refractivity contribution in [1.82, 2.24) is 9.80 Å². The number of benzene rings is 2. The number of esters is 1. The Balaban J connectivity index is 0.000000208. The molecule has 2 aromatic carbocycles. The third-order valence-corrected chi connectivity index (χ3v) is 11.5. The van der Waals surface area contributed by atoms with Crippen LogP contribution in [0.2, 0.25) is 0 Å². The van der Waals surface area contributed by atoms with Gasteiger partial charge in [-0.1, -0.05) is 27.7 Å². The Kier molecular flexibility index (Phi) is 14.4. The maximum absolute atomic E-state index is 11.9. The number of hydrogen-bond acceptors (Lipinski definition) is 12. The van der Waals surface area contributed by atoms with Crippen molar-refractivity contribution < 1.29 is 42.7 Å². The van der Waals surface area contributed by atoms with Crippen molar-refractivity contribution in [3.8, 4) is 23.0 Å². The minimum Gasteiger partial charge on any atom is -0.493 e. The first-order valence-electron chi connectivity index (χ1n) is 19.5. The fraction of sp³-hybridized carbons (Fsp3) is 0.667. The first-order chi connectivity index (χ1) is 25.9. The molecule has 4 aliphatic heterocycles. The van der Waals surface area contributed by atoms with Crippen LogP contribution in [0, 0.1) is 23.7 Å². The summed E-state index contributed by atoms with van der Waals surface area (Å²) >= 11 is 0. The lowest BCUT2D eigenvalue weighted by molar-refractivity contribution is -0.155. The molecule has 2 N–H and O–H groups in total. The van der Waals surface area contributed by atoms with E-state index in [0.29, 0.717) is 23.7 Å². The van der Waals surface area contributed by atoms with Crippen LogP contribution in [0.5, 0.6) is 23.0 Å². The van der Waals surface area contributed by atoms with Gasteiger partial charge >= 0.3 is 12.1 Å². The maximum Gasteiger partial charge on any atom is 0.508 e. The normalized spacial score (nSPS) is 24.8. The SMILES string of the molecule is COC(=O)OC1CC2c3cc(OC)c(OC)cc3CCN2CC1CC(C)C.COc1cc2c(cc1OC)C1CC(OC(=O)CN)C(CC(C)C)CN1CC2. The Morgan fingerprint density at radius 1 is 0.667 bits per heavy atom. The average molecular weight is 754 g/mol. The first kappa shape index (κ1) is 41.4. The Hall–Kier alpha value is -3.74. The molecule has 0 radical (unpaired) electrons. The first-order valence-corrected chi connectivity index (χ1v) is 19.5. The predicted octanol–water partition coefficient (Wildman–Crippen LogP) is 6.36. The molecule has 300 valence electrons. The van der Waals surface area contributed by atoms with Crippen molar-refractivity contribution in [3.63, 3.8) is 0 Å². The van der Waals surface area contributed by atoms with Crippen LogP contribution in [0.25, 0.3) is 0 Å². The van der Waals surface area contributed by atoms with Gasteiger partial charge in [0.15, 0.2) is 23.0 Å². The van der Waals surface area contributed by atoms with Crippen molar-refractivity contribution >= 4 is 12.1 Å². The zero-order chi connectivity index (χ0) is 39.1. The van der Waals surface area contributed by atoms with E-state index in [1.807, 2.05) is 0 Å². The van der Waals surface area contributed by atoms with Crippen LogP contribution < -0.4 is 24.7 Å². The van der Waals surface area contributed by atoms with E-state index in [2.05, 4.69) is 61.8 Å². The molecule has 6 unspecified atom stereocenters. The van der Waals surface area contributed by atoms with E-state index in [1.165, 1.54) is 29.4 Å². The van der Waals surface area contributed by atoms with Crippen molar-refractivity contribution in [1.29, 1.82) is 0 Å². The number of methoxy groups -OCH3 is 5. The second-order valence-corrected chi connectivity index (χ2v) is 15.9. The number of nitrogens with zero attached hydrogens (tertiary/aromatic N) is 2. The smallest absolute Gasteiger partial charge is 0.493 e. The molecular weight excluding hydrogens is 690 g/mol. The summed E-state index contributed by atoms with van der Waals surface area (Å²) in [6.45, 7) is 12.7. The number of nitrogens with two attached hydrogens (primary N) is 1. The molecule has 12 heteroatoms. The van der Waals surface area contributed by atoms with E-state index < -0.39 is 6.16 Å². The molecule has 0 aliphatic carbocycles. The fourth-order valence-corrected chi connectivity index (χ4v) is 9.15. The van der Waals surface area contributed by atoms with Gasteiger partial charge in [0.2, 0.25) is 0 Å². The highest BCUT2D eigenvalue weighted by Gasteiger charge is 2.43. The van der Waals surface area contributed by atoms with Crippen LogP contribution in [-0.2, 0) is 31.8 Å². The molecule has 0 amide bonds. The molecule has 0 saturated carbocycles. The third-order valence-electron chi connectivity index (χ3n) is 11.5. The van der Waals surface area contributed by atoms with Crippen molar-refractivity contribution in [2.24, 2.45) is 29.4 Å². The quantitative estimate of drug-likeness (QED) is 0.256. The Morgan fingerprint density at radius 2 is 1.07 bits per heavy atom. The molecule has 4 heterocycles. The summed E-state index contributed by atoms with van der Waals surface area (Å²) in [6, 6.07) is 8.80. The number of carbonyl (C=O) groups excluding carboxylic acids is 2. The van der Waals surface area contributed by atoms with Crippen LogP contribution in [0.4, 0.5) is 4.79 Å². The minimum atomic E-state index is -0.592. The van der Waals surface area contributed by atoms with Gasteiger partial charge in [0, 0.05) is 62.9 Å². The monoisotopic (exact) mass is 753 g/mol. The lowest BCUT2D eigenvalue weighted by Crippen LogP contribution is -2.49. The van der Waals surface area contributed by atoms with E-state index in [9.17, 15) is 9.59 Å². The van der Waals surface area contributed by atoms with E-state index in [-0.39, 0.29) is 36.8 Å². The number of carbonyl (C=O) groups is 2. The highest BCUT2D eigenvalue weighted by molar-refractivity contribution is 5.71. The molecule has 54 heavy (non-hydrogen) atoms. The molecular formula is C42H63N3O9. The van der Waals surface area contributed by atoms with Gasteiger partial charge in [-0.2, -0.15) is 0 Å². The van der Waals surface area contributed by atoms with Crippen LogP contribution in [-0.4, -0.2) is 102 Å². The molecule has 12 nitrogen and oxygen atoms in total. The van der Waals surface area contributed by atoms with Gasteiger partial charge in [0.1, 0.15) is 12.2 Å². The maximum atomic E-state index is 11.9. The predicted molar refractivity (Wildman–Crippen MR) is 206 cm³/mol. The minimum absolute atomic E-state index is 0.0686. The second-order valence-electron chi connectivity index (χ2n) is 15.9. The Morgan fingerprint density at radius 3 is 1.44 bits per heavy atom. The van der Waals surface area contributed by atoms with Crippen molar-refractivity contribution in [2.75, 3.05) is 68.3 Å². The van der Waals surface area contributed by atoms with Gasteiger partial charge in [0.05, 0.1) is 42.1 Å².